The lowest BCUT2D eigenvalue weighted by atomic mass is 9.95. The van der Waals surface area contributed by atoms with Crippen molar-refractivity contribution in [2.24, 2.45) is 0 Å². The Labute approximate surface area is 221 Å². The first kappa shape index (κ1) is 23.6. The number of benzene rings is 3. The summed E-state index contributed by atoms with van der Waals surface area (Å²) < 4.78 is 22.6. The number of hydrogen-bond donors (Lipinski definition) is 2. The van der Waals surface area contributed by atoms with Gasteiger partial charge in [0.05, 0.1) is 0 Å². The Hall–Kier alpha value is -3.49. The van der Waals surface area contributed by atoms with Crippen LogP contribution in [0.2, 0.25) is 0 Å². The van der Waals surface area contributed by atoms with E-state index in [9.17, 15) is 5.11 Å². The monoisotopic (exact) mass is 513 g/mol. The molecule has 3 fully saturated rings. The van der Waals surface area contributed by atoms with Crippen molar-refractivity contribution in [3.05, 3.63) is 54.3 Å². The number of aromatic nitrogens is 2. The van der Waals surface area contributed by atoms with Crippen LogP contribution in [0.25, 0.3) is 32.8 Å². The van der Waals surface area contributed by atoms with Gasteiger partial charge in [0, 0.05) is 47.7 Å². The SMILES string of the molecule is CN1CCC[C@H]1COc1nc(N2CC3CCC(C2)N3)c2ccc(-c3c(O)ccc4ccccc34)c(F)c2n1. The molecule has 196 valence electrons. The molecular weight excluding hydrogens is 481 g/mol. The van der Waals surface area contributed by atoms with Crippen LogP contribution in [0.15, 0.2) is 48.5 Å². The van der Waals surface area contributed by atoms with E-state index in [-0.39, 0.29) is 17.3 Å². The summed E-state index contributed by atoms with van der Waals surface area (Å²) in [4.78, 5) is 14.0. The lowest BCUT2D eigenvalue weighted by Gasteiger charge is -2.34. The Kier molecular flexibility index (Phi) is 5.82. The highest BCUT2D eigenvalue weighted by molar-refractivity contribution is 6.02. The van der Waals surface area contributed by atoms with Crippen molar-refractivity contribution >= 4 is 27.5 Å². The molecule has 3 saturated heterocycles. The zero-order valence-electron chi connectivity index (χ0n) is 21.5. The van der Waals surface area contributed by atoms with Crippen LogP contribution < -0.4 is 15.0 Å². The summed E-state index contributed by atoms with van der Waals surface area (Å²) in [5.41, 5.74) is 1.01. The minimum absolute atomic E-state index is 0.0376. The van der Waals surface area contributed by atoms with Gasteiger partial charge in [0.25, 0.3) is 0 Å². The number of anilines is 1. The molecule has 2 bridgehead atoms. The highest BCUT2D eigenvalue weighted by atomic mass is 19.1. The quantitative estimate of drug-likeness (QED) is 0.401. The maximum Gasteiger partial charge on any atom is 0.319 e. The van der Waals surface area contributed by atoms with Gasteiger partial charge >= 0.3 is 6.01 Å². The maximum atomic E-state index is 16.5. The molecular formula is C30H32FN5O2. The van der Waals surface area contributed by atoms with Crippen molar-refractivity contribution in [3.63, 3.8) is 0 Å². The van der Waals surface area contributed by atoms with Gasteiger partial charge in [-0.2, -0.15) is 9.97 Å². The van der Waals surface area contributed by atoms with Crippen molar-refractivity contribution in [2.75, 3.05) is 38.2 Å². The minimum atomic E-state index is -0.473. The first-order valence-corrected chi connectivity index (χ1v) is 13.6. The number of nitrogens with zero attached hydrogens (tertiary/aromatic N) is 4. The van der Waals surface area contributed by atoms with Crippen molar-refractivity contribution in [1.29, 1.82) is 0 Å². The maximum absolute atomic E-state index is 16.5. The van der Waals surface area contributed by atoms with E-state index in [0.29, 0.717) is 41.2 Å². The topological polar surface area (TPSA) is 73.8 Å². The third kappa shape index (κ3) is 4.03. The number of rotatable bonds is 5. The second-order valence-corrected chi connectivity index (χ2v) is 11.0. The number of halogens is 1. The molecule has 3 aliphatic rings. The molecule has 2 unspecified atom stereocenters. The number of likely N-dealkylation sites (tertiary alicyclic amines) is 1. The molecule has 38 heavy (non-hydrogen) atoms. The second kappa shape index (κ2) is 9.36. The van der Waals surface area contributed by atoms with Crippen LogP contribution in [0.4, 0.5) is 10.2 Å². The summed E-state index contributed by atoms with van der Waals surface area (Å²) in [5, 5.41) is 16.9. The molecule has 4 heterocycles. The third-order valence-corrected chi connectivity index (χ3v) is 8.53. The fourth-order valence-corrected chi connectivity index (χ4v) is 6.50. The number of phenolic OH excluding ortho intramolecular Hbond substituents is 1. The van der Waals surface area contributed by atoms with Gasteiger partial charge in [0.1, 0.15) is 23.7 Å². The summed E-state index contributed by atoms with van der Waals surface area (Å²) >= 11 is 0. The third-order valence-electron chi connectivity index (χ3n) is 8.53. The van der Waals surface area contributed by atoms with Crippen LogP contribution in [0.3, 0.4) is 0 Å². The Morgan fingerprint density at radius 1 is 1.00 bits per heavy atom. The van der Waals surface area contributed by atoms with Crippen LogP contribution >= 0.6 is 0 Å². The molecule has 0 amide bonds. The molecule has 1 aromatic heterocycles. The number of piperazine rings is 1. The van der Waals surface area contributed by atoms with Gasteiger partial charge in [-0.3, -0.25) is 0 Å². The Balaban J connectivity index is 1.36. The van der Waals surface area contributed by atoms with Crippen molar-refractivity contribution < 1.29 is 14.2 Å². The molecule has 3 aromatic carbocycles. The number of hydrogen-bond acceptors (Lipinski definition) is 7. The molecule has 0 radical (unpaired) electrons. The standard InChI is InChI=1S/C30H32FN5O2/c1-35-14-4-6-21(35)17-38-30-33-28-24(29(34-30)36-15-19-9-10-20(16-36)32-19)12-11-23(27(28)31)26-22-7-3-2-5-18(22)8-13-25(26)37/h2-3,5,7-8,11-13,19-21,32,37H,4,6,9-10,14-17H2,1H3/t19?,20?,21-/m0/s1. The van der Waals surface area contributed by atoms with Crippen molar-refractivity contribution in [1.82, 2.24) is 20.2 Å². The highest BCUT2D eigenvalue weighted by Gasteiger charge is 2.34. The van der Waals surface area contributed by atoms with Crippen molar-refractivity contribution in [2.45, 2.75) is 43.8 Å². The van der Waals surface area contributed by atoms with Crippen LogP contribution in [0.5, 0.6) is 11.8 Å². The normalized spacial score (nSPS) is 23.5. The summed E-state index contributed by atoms with van der Waals surface area (Å²) in [6.45, 7) is 3.16. The van der Waals surface area contributed by atoms with E-state index in [1.807, 2.05) is 36.4 Å². The number of nitrogens with one attached hydrogen (secondary N) is 1. The van der Waals surface area contributed by atoms with E-state index in [2.05, 4.69) is 27.1 Å². The molecule has 7 rings (SSSR count). The van der Waals surface area contributed by atoms with E-state index in [0.717, 1.165) is 61.9 Å². The smallest absolute Gasteiger partial charge is 0.319 e. The van der Waals surface area contributed by atoms with Crippen molar-refractivity contribution in [3.8, 4) is 22.9 Å². The van der Waals surface area contributed by atoms with Gasteiger partial charge in [0.2, 0.25) is 0 Å². The first-order valence-electron chi connectivity index (χ1n) is 13.6. The lowest BCUT2D eigenvalue weighted by molar-refractivity contribution is 0.188. The molecule has 0 saturated carbocycles. The van der Waals surface area contributed by atoms with E-state index >= 15 is 4.39 Å². The number of likely N-dealkylation sites (N-methyl/N-ethyl adjacent to an activating group) is 1. The average Bonchev–Trinajstić information content (AvgIpc) is 3.50. The summed E-state index contributed by atoms with van der Waals surface area (Å²) in [5.74, 6) is 0.283. The van der Waals surface area contributed by atoms with Gasteiger partial charge < -0.3 is 25.0 Å². The Morgan fingerprint density at radius 3 is 2.61 bits per heavy atom. The van der Waals surface area contributed by atoms with Crippen LogP contribution in [-0.4, -0.2) is 71.4 Å². The molecule has 2 N–H and O–H groups in total. The van der Waals surface area contributed by atoms with Gasteiger partial charge in [-0.1, -0.05) is 36.4 Å². The number of ether oxygens (including phenoxy) is 1. The number of fused-ring (bicyclic) bond motifs is 4. The summed E-state index contributed by atoms with van der Waals surface area (Å²) in [7, 11) is 2.10. The molecule has 3 atom stereocenters. The van der Waals surface area contributed by atoms with E-state index in [1.165, 1.54) is 0 Å². The molecule has 0 aliphatic carbocycles. The van der Waals surface area contributed by atoms with Crippen LogP contribution in [0, 0.1) is 5.82 Å². The largest absolute Gasteiger partial charge is 0.507 e. The number of phenols is 1. The van der Waals surface area contributed by atoms with E-state index in [1.54, 1.807) is 12.1 Å². The fourth-order valence-electron chi connectivity index (χ4n) is 6.50. The lowest BCUT2D eigenvalue weighted by Crippen LogP contribution is -2.51. The molecule has 8 heteroatoms. The Bertz CT molecular complexity index is 1520. The summed E-state index contributed by atoms with van der Waals surface area (Å²) in [6.07, 6.45) is 4.49. The van der Waals surface area contributed by atoms with Gasteiger partial charge in [0.15, 0.2) is 5.82 Å². The predicted octanol–water partition coefficient (Wildman–Crippen LogP) is 4.71. The average molecular weight is 514 g/mol. The Morgan fingerprint density at radius 2 is 1.82 bits per heavy atom. The van der Waals surface area contributed by atoms with Crippen LogP contribution in [-0.2, 0) is 0 Å². The molecule has 4 aromatic rings. The van der Waals surface area contributed by atoms with Gasteiger partial charge in [-0.05, 0) is 62.2 Å². The zero-order chi connectivity index (χ0) is 25.8. The predicted molar refractivity (Wildman–Crippen MR) is 147 cm³/mol. The van der Waals surface area contributed by atoms with E-state index < -0.39 is 5.82 Å². The van der Waals surface area contributed by atoms with Gasteiger partial charge in [-0.15, -0.1) is 0 Å². The first-order chi connectivity index (χ1) is 18.5. The summed E-state index contributed by atoms with van der Waals surface area (Å²) in [6, 6.07) is 16.1. The molecule has 3 aliphatic heterocycles. The molecule has 0 spiro atoms. The van der Waals surface area contributed by atoms with Crippen LogP contribution in [0.1, 0.15) is 25.7 Å². The number of aromatic hydroxyl groups is 1. The molecule has 7 nitrogen and oxygen atoms in total. The fraction of sp³-hybridized carbons (Fsp3) is 0.400. The zero-order valence-corrected chi connectivity index (χ0v) is 21.5. The van der Waals surface area contributed by atoms with E-state index in [4.69, 9.17) is 9.72 Å². The minimum Gasteiger partial charge on any atom is -0.507 e. The second-order valence-electron chi connectivity index (χ2n) is 11.0. The highest BCUT2D eigenvalue weighted by Crippen LogP contribution is 2.41. The van der Waals surface area contributed by atoms with Gasteiger partial charge in [-0.25, -0.2) is 4.39 Å².